The molecule has 4 N–H and O–H groups in total. The summed E-state index contributed by atoms with van der Waals surface area (Å²) in [6, 6.07) is 11.3. The number of amides is 1. The van der Waals surface area contributed by atoms with Gasteiger partial charge in [0.1, 0.15) is 5.82 Å². The van der Waals surface area contributed by atoms with Crippen molar-refractivity contribution in [2.45, 2.75) is 31.8 Å². The number of carboxylic acid groups (broad SMARTS) is 1. The lowest BCUT2D eigenvalue weighted by Gasteiger charge is -2.36. The Hall–Kier alpha value is -4.08. The second-order valence-electron chi connectivity index (χ2n) is 9.86. The maximum Gasteiger partial charge on any atom is 0.490 e. The van der Waals surface area contributed by atoms with Crippen molar-refractivity contribution in [2.24, 2.45) is 5.92 Å². The molecule has 1 saturated heterocycles. The summed E-state index contributed by atoms with van der Waals surface area (Å²) in [5.74, 6) is -2.35. The summed E-state index contributed by atoms with van der Waals surface area (Å²) < 4.78 is 52.5. The molecule has 11 nitrogen and oxygen atoms in total. The van der Waals surface area contributed by atoms with E-state index in [1.54, 1.807) is 22.8 Å². The number of aliphatic hydroxyl groups is 1. The molecular weight excluding hydrogens is 566 g/mol. The quantitative estimate of drug-likeness (QED) is 0.301. The van der Waals surface area contributed by atoms with Crippen molar-refractivity contribution in [3.05, 3.63) is 64.3 Å². The first-order valence-electron chi connectivity index (χ1n) is 13.0. The standard InChI is InChI=1S/C25H28FN5O4.C2HF3O2/c26-18-3-1-16-2-6-24(34)31(20(16)11-18)10-9-30-8-7-21(32)17(14-30)12-27-13-19-4-5-22-25(28-19)29-23(33)15-35-22;3-2(4,5)1(6)7/h1-6,11,17,21,27,32H,7-10,12-15H2,(H,28,29,33);(H,6,7)/t17-,21+;/m1./s1. The molecule has 2 aliphatic heterocycles. The lowest BCUT2D eigenvalue weighted by molar-refractivity contribution is -0.192. The van der Waals surface area contributed by atoms with Crippen LogP contribution in [-0.4, -0.2) is 81.6 Å². The Kier molecular flexibility index (Phi) is 9.75. The van der Waals surface area contributed by atoms with Crippen molar-refractivity contribution < 1.29 is 42.1 Å². The number of likely N-dealkylation sites (tertiary alicyclic amines) is 1. The third kappa shape index (κ3) is 8.02. The summed E-state index contributed by atoms with van der Waals surface area (Å²) in [6.07, 6.45) is -4.86. The number of carbonyl (C=O) groups excluding carboxylic acids is 1. The minimum atomic E-state index is -5.08. The minimum Gasteiger partial charge on any atom is -0.480 e. The van der Waals surface area contributed by atoms with Crippen LogP contribution >= 0.6 is 0 Å². The maximum atomic E-state index is 13.8. The third-order valence-electron chi connectivity index (χ3n) is 6.86. The summed E-state index contributed by atoms with van der Waals surface area (Å²) >= 11 is 0. The number of aliphatic carboxylic acids is 1. The lowest BCUT2D eigenvalue weighted by atomic mass is 9.94. The average Bonchev–Trinajstić information content (AvgIpc) is 2.93. The van der Waals surface area contributed by atoms with Gasteiger partial charge in [-0.3, -0.25) is 9.59 Å². The fourth-order valence-electron chi connectivity index (χ4n) is 4.72. The largest absolute Gasteiger partial charge is 0.490 e. The zero-order valence-corrected chi connectivity index (χ0v) is 22.2. The monoisotopic (exact) mass is 595 g/mol. The average molecular weight is 596 g/mol. The first kappa shape index (κ1) is 30.9. The number of hydrogen-bond acceptors (Lipinski definition) is 8. The Morgan fingerprint density at radius 3 is 2.62 bits per heavy atom. The Bertz CT molecular complexity index is 1500. The van der Waals surface area contributed by atoms with Crippen LogP contribution in [0, 0.1) is 11.7 Å². The molecule has 0 unspecified atom stereocenters. The number of nitrogens with zero attached hydrogens (tertiary/aromatic N) is 3. The van der Waals surface area contributed by atoms with Crippen LogP contribution in [0.25, 0.3) is 10.9 Å². The molecule has 1 amide bonds. The van der Waals surface area contributed by atoms with Crippen LogP contribution < -0.4 is 20.9 Å². The van der Waals surface area contributed by atoms with Gasteiger partial charge in [-0.05, 0) is 48.2 Å². The zero-order valence-electron chi connectivity index (χ0n) is 22.2. The molecule has 0 saturated carbocycles. The summed E-state index contributed by atoms with van der Waals surface area (Å²) in [5.41, 5.74) is 1.20. The molecule has 1 aromatic carbocycles. The van der Waals surface area contributed by atoms with Crippen LogP contribution in [0.2, 0.25) is 0 Å². The second kappa shape index (κ2) is 13.3. The Morgan fingerprint density at radius 2 is 1.88 bits per heavy atom. The molecule has 0 radical (unpaired) electrons. The second-order valence-corrected chi connectivity index (χ2v) is 9.86. The van der Waals surface area contributed by atoms with Crippen molar-refractivity contribution in [3.8, 4) is 5.75 Å². The van der Waals surface area contributed by atoms with Gasteiger partial charge in [0.25, 0.3) is 11.5 Å². The molecule has 2 atom stereocenters. The minimum absolute atomic E-state index is 0.00559. The topological polar surface area (TPSA) is 146 Å². The molecule has 0 bridgehead atoms. The number of rotatable bonds is 7. The highest BCUT2D eigenvalue weighted by Crippen LogP contribution is 2.25. The van der Waals surface area contributed by atoms with Gasteiger partial charge in [-0.2, -0.15) is 13.2 Å². The number of carboxylic acids is 1. The van der Waals surface area contributed by atoms with Crippen molar-refractivity contribution in [3.63, 3.8) is 0 Å². The van der Waals surface area contributed by atoms with Crippen molar-refractivity contribution in [2.75, 3.05) is 38.1 Å². The molecule has 2 aromatic heterocycles. The van der Waals surface area contributed by atoms with Crippen LogP contribution in [0.1, 0.15) is 12.1 Å². The van der Waals surface area contributed by atoms with Gasteiger partial charge < -0.3 is 35.1 Å². The highest BCUT2D eigenvalue weighted by molar-refractivity contribution is 5.94. The van der Waals surface area contributed by atoms with E-state index in [0.717, 1.165) is 17.6 Å². The van der Waals surface area contributed by atoms with Crippen LogP contribution in [0.4, 0.5) is 23.4 Å². The highest BCUT2D eigenvalue weighted by Gasteiger charge is 2.38. The third-order valence-corrected chi connectivity index (χ3v) is 6.86. The number of ether oxygens (including phenoxy) is 1. The van der Waals surface area contributed by atoms with Gasteiger partial charge in [0, 0.05) is 51.3 Å². The van der Waals surface area contributed by atoms with E-state index < -0.39 is 18.2 Å². The SMILES string of the molecule is O=C(O)C(F)(F)F.O=C1COc2ccc(CNC[C@@H]3CN(CCn4c(=O)ccc5ccc(F)cc54)CC[C@@H]3O)nc2N1. The number of aliphatic hydroxyl groups excluding tert-OH is 1. The van der Waals surface area contributed by atoms with Crippen LogP contribution in [0.3, 0.4) is 0 Å². The van der Waals surface area contributed by atoms with E-state index in [9.17, 15) is 32.3 Å². The Morgan fingerprint density at radius 1 is 1.14 bits per heavy atom. The number of carbonyl (C=O) groups is 2. The number of alkyl halides is 3. The molecule has 4 heterocycles. The van der Waals surface area contributed by atoms with Crippen molar-refractivity contribution in [1.82, 2.24) is 19.8 Å². The van der Waals surface area contributed by atoms with Crippen LogP contribution in [-0.2, 0) is 22.7 Å². The molecule has 5 rings (SSSR count). The normalized spacial score (nSPS) is 18.8. The van der Waals surface area contributed by atoms with E-state index >= 15 is 0 Å². The van der Waals surface area contributed by atoms with Gasteiger partial charge in [-0.15, -0.1) is 0 Å². The number of fused-ring (bicyclic) bond motifs is 2. The molecule has 0 spiro atoms. The Balaban J connectivity index is 0.000000517. The number of pyridine rings is 2. The molecule has 226 valence electrons. The summed E-state index contributed by atoms with van der Waals surface area (Å²) in [6.45, 7) is 3.57. The van der Waals surface area contributed by atoms with E-state index in [4.69, 9.17) is 14.6 Å². The number of halogens is 4. The highest BCUT2D eigenvalue weighted by atomic mass is 19.4. The summed E-state index contributed by atoms with van der Waals surface area (Å²) in [4.78, 5) is 39.5. The van der Waals surface area contributed by atoms with Gasteiger partial charge in [-0.25, -0.2) is 14.2 Å². The first-order valence-corrected chi connectivity index (χ1v) is 13.0. The lowest BCUT2D eigenvalue weighted by Crippen LogP contribution is -2.48. The van der Waals surface area contributed by atoms with Gasteiger partial charge in [0.2, 0.25) is 0 Å². The number of hydrogen-bond donors (Lipinski definition) is 4. The number of nitrogens with one attached hydrogen (secondary N) is 2. The number of anilines is 1. The fourth-order valence-corrected chi connectivity index (χ4v) is 4.72. The van der Waals surface area contributed by atoms with Gasteiger partial charge in [0.05, 0.1) is 17.3 Å². The summed E-state index contributed by atoms with van der Waals surface area (Å²) in [7, 11) is 0. The number of aromatic nitrogens is 2. The van der Waals surface area contributed by atoms with E-state index in [1.807, 2.05) is 6.07 Å². The molecule has 2 aliphatic rings. The van der Waals surface area contributed by atoms with E-state index in [2.05, 4.69) is 20.5 Å². The molecular formula is C27H29F4N5O6. The van der Waals surface area contributed by atoms with E-state index in [0.29, 0.717) is 56.2 Å². The van der Waals surface area contributed by atoms with Gasteiger partial charge in [-0.1, -0.05) is 0 Å². The molecule has 42 heavy (non-hydrogen) atoms. The van der Waals surface area contributed by atoms with Gasteiger partial charge in [0.15, 0.2) is 18.2 Å². The summed E-state index contributed by atoms with van der Waals surface area (Å²) in [5, 5.41) is 24.5. The smallest absolute Gasteiger partial charge is 0.480 e. The Labute approximate surface area is 236 Å². The molecule has 0 aliphatic carbocycles. The van der Waals surface area contributed by atoms with Crippen LogP contribution in [0.15, 0.2) is 47.3 Å². The van der Waals surface area contributed by atoms with Crippen molar-refractivity contribution in [1.29, 1.82) is 0 Å². The fraction of sp³-hybridized carbons (Fsp3) is 0.407. The van der Waals surface area contributed by atoms with Crippen LogP contribution in [0.5, 0.6) is 5.75 Å². The maximum absolute atomic E-state index is 13.8. The predicted molar refractivity (Wildman–Crippen MR) is 142 cm³/mol. The number of benzene rings is 1. The predicted octanol–water partition coefficient (Wildman–Crippen LogP) is 1.97. The van der Waals surface area contributed by atoms with E-state index in [-0.39, 0.29) is 29.8 Å². The zero-order chi connectivity index (χ0) is 30.4. The number of piperidine rings is 1. The molecule has 15 heteroatoms. The molecule has 3 aromatic rings. The van der Waals surface area contributed by atoms with E-state index in [1.165, 1.54) is 18.2 Å². The molecule has 1 fully saturated rings. The van der Waals surface area contributed by atoms with Crippen molar-refractivity contribution >= 4 is 28.6 Å². The van der Waals surface area contributed by atoms with Gasteiger partial charge >= 0.3 is 12.1 Å². The first-order chi connectivity index (χ1) is 19.9.